The molecule has 18 heavy (non-hydrogen) atoms. The molecular formula is C12H16BrN5. The van der Waals surface area contributed by atoms with E-state index in [1.807, 2.05) is 30.7 Å². The summed E-state index contributed by atoms with van der Waals surface area (Å²) in [5, 5.41) is 4.31. The fourth-order valence-corrected chi connectivity index (χ4v) is 2.52. The normalized spacial score (nSPS) is 12.7. The van der Waals surface area contributed by atoms with Crippen LogP contribution < -0.4 is 11.3 Å². The maximum Gasteiger partial charge on any atom is 0.0891 e. The SMILES string of the molecule is CCn1ncc(Br)c1C(NN)c1ccnc(C)c1. The molecule has 0 saturated heterocycles. The van der Waals surface area contributed by atoms with E-state index in [4.69, 9.17) is 5.84 Å². The van der Waals surface area contributed by atoms with E-state index in [9.17, 15) is 0 Å². The molecular weight excluding hydrogens is 294 g/mol. The fraction of sp³-hybridized carbons (Fsp3) is 0.333. The lowest BCUT2D eigenvalue weighted by Crippen LogP contribution is -2.31. The molecule has 0 aliphatic carbocycles. The van der Waals surface area contributed by atoms with Gasteiger partial charge in [0.25, 0.3) is 0 Å². The number of rotatable bonds is 4. The van der Waals surface area contributed by atoms with Crippen LogP contribution in [0.15, 0.2) is 29.0 Å². The van der Waals surface area contributed by atoms with E-state index >= 15 is 0 Å². The van der Waals surface area contributed by atoms with Crippen LogP contribution in [-0.4, -0.2) is 14.8 Å². The van der Waals surface area contributed by atoms with Gasteiger partial charge >= 0.3 is 0 Å². The van der Waals surface area contributed by atoms with Gasteiger partial charge in [0, 0.05) is 18.4 Å². The number of aryl methyl sites for hydroxylation is 2. The molecule has 0 amide bonds. The third-order valence-corrected chi connectivity index (χ3v) is 3.44. The molecule has 1 unspecified atom stereocenters. The molecule has 0 spiro atoms. The minimum atomic E-state index is -0.108. The van der Waals surface area contributed by atoms with Gasteiger partial charge in [-0.2, -0.15) is 5.10 Å². The van der Waals surface area contributed by atoms with Crippen LogP contribution in [0.4, 0.5) is 0 Å². The van der Waals surface area contributed by atoms with Crippen molar-refractivity contribution < 1.29 is 0 Å². The molecule has 0 saturated carbocycles. The number of hydrazine groups is 1. The Hall–Kier alpha value is -1.24. The zero-order chi connectivity index (χ0) is 13.1. The first-order valence-electron chi connectivity index (χ1n) is 5.77. The van der Waals surface area contributed by atoms with Gasteiger partial charge in [-0.3, -0.25) is 15.5 Å². The summed E-state index contributed by atoms with van der Waals surface area (Å²) < 4.78 is 2.87. The Balaban J connectivity index is 2.48. The van der Waals surface area contributed by atoms with Crippen LogP contribution in [0, 0.1) is 6.92 Å². The van der Waals surface area contributed by atoms with Crippen molar-refractivity contribution in [2.24, 2.45) is 5.84 Å². The van der Waals surface area contributed by atoms with Crippen molar-refractivity contribution in [1.82, 2.24) is 20.2 Å². The van der Waals surface area contributed by atoms with Gasteiger partial charge in [0.2, 0.25) is 0 Å². The number of nitrogens with zero attached hydrogens (tertiary/aromatic N) is 3. The van der Waals surface area contributed by atoms with Crippen LogP contribution in [0.5, 0.6) is 0 Å². The number of hydrogen-bond donors (Lipinski definition) is 2. The van der Waals surface area contributed by atoms with Gasteiger partial charge in [-0.05, 0) is 47.5 Å². The van der Waals surface area contributed by atoms with E-state index in [0.717, 1.165) is 28.0 Å². The molecule has 0 fully saturated rings. The van der Waals surface area contributed by atoms with Gasteiger partial charge in [-0.1, -0.05) is 0 Å². The van der Waals surface area contributed by atoms with Crippen LogP contribution in [-0.2, 0) is 6.54 Å². The fourth-order valence-electron chi connectivity index (χ4n) is 1.99. The highest BCUT2D eigenvalue weighted by atomic mass is 79.9. The number of hydrogen-bond acceptors (Lipinski definition) is 4. The first-order valence-corrected chi connectivity index (χ1v) is 6.56. The van der Waals surface area contributed by atoms with Gasteiger partial charge in [-0.15, -0.1) is 0 Å². The standard InChI is InChI=1S/C12H16BrN5/c1-3-18-12(10(13)7-16-18)11(17-14)9-4-5-15-8(2)6-9/h4-7,11,17H,3,14H2,1-2H3. The highest BCUT2D eigenvalue weighted by molar-refractivity contribution is 9.10. The summed E-state index contributed by atoms with van der Waals surface area (Å²) in [6, 6.07) is 3.87. The van der Waals surface area contributed by atoms with Crippen LogP contribution in [0.1, 0.15) is 29.9 Å². The highest BCUT2D eigenvalue weighted by Gasteiger charge is 2.20. The van der Waals surface area contributed by atoms with Gasteiger partial charge < -0.3 is 0 Å². The number of pyridine rings is 1. The third kappa shape index (κ3) is 2.45. The van der Waals surface area contributed by atoms with Crippen LogP contribution in [0.25, 0.3) is 0 Å². The molecule has 6 heteroatoms. The van der Waals surface area contributed by atoms with Crippen molar-refractivity contribution in [3.8, 4) is 0 Å². The van der Waals surface area contributed by atoms with E-state index in [1.54, 1.807) is 12.4 Å². The maximum absolute atomic E-state index is 5.71. The maximum atomic E-state index is 5.71. The lowest BCUT2D eigenvalue weighted by Gasteiger charge is -2.18. The average Bonchev–Trinajstić information content (AvgIpc) is 2.72. The van der Waals surface area contributed by atoms with E-state index in [1.165, 1.54) is 0 Å². The Labute approximate surface area is 115 Å². The van der Waals surface area contributed by atoms with Crippen molar-refractivity contribution in [2.45, 2.75) is 26.4 Å². The Bertz CT molecular complexity index is 537. The van der Waals surface area contributed by atoms with Crippen LogP contribution in [0.3, 0.4) is 0 Å². The summed E-state index contributed by atoms with van der Waals surface area (Å²) in [6.45, 7) is 4.81. The second-order valence-electron chi connectivity index (χ2n) is 4.02. The Morgan fingerprint density at radius 3 is 2.94 bits per heavy atom. The number of nitrogens with two attached hydrogens (primary N) is 1. The van der Waals surface area contributed by atoms with Crippen LogP contribution in [0.2, 0.25) is 0 Å². The topological polar surface area (TPSA) is 68.8 Å². The first kappa shape index (κ1) is 13.2. The third-order valence-electron chi connectivity index (χ3n) is 2.83. The zero-order valence-electron chi connectivity index (χ0n) is 10.4. The second kappa shape index (κ2) is 5.60. The van der Waals surface area contributed by atoms with E-state index in [-0.39, 0.29) is 6.04 Å². The molecule has 0 bridgehead atoms. The lowest BCUT2D eigenvalue weighted by molar-refractivity contribution is 0.541. The van der Waals surface area contributed by atoms with Gasteiger partial charge in [0.1, 0.15) is 0 Å². The van der Waals surface area contributed by atoms with Crippen molar-refractivity contribution in [3.63, 3.8) is 0 Å². The molecule has 2 heterocycles. The van der Waals surface area contributed by atoms with Gasteiger partial charge in [-0.25, -0.2) is 5.43 Å². The minimum absolute atomic E-state index is 0.108. The summed E-state index contributed by atoms with van der Waals surface area (Å²) in [5.74, 6) is 5.71. The molecule has 5 nitrogen and oxygen atoms in total. The lowest BCUT2D eigenvalue weighted by atomic mass is 10.0. The Kier molecular flexibility index (Phi) is 4.11. The second-order valence-corrected chi connectivity index (χ2v) is 4.88. The molecule has 3 N–H and O–H groups in total. The van der Waals surface area contributed by atoms with Crippen LogP contribution >= 0.6 is 15.9 Å². The predicted octanol–water partition coefficient (Wildman–Crippen LogP) is 1.92. The quantitative estimate of drug-likeness (QED) is 0.669. The summed E-state index contributed by atoms with van der Waals surface area (Å²) in [6.07, 6.45) is 3.58. The van der Waals surface area contributed by atoms with Crippen molar-refractivity contribution in [1.29, 1.82) is 0 Å². The Morgan fingerprint density at radius 2 is 2.33 bits per heavy atom. The van der Waals surface area contributed by atoms with Gasteiger partial charge in [0.05, 0.1) is 22.4 Å². The minimum Gasteiger partial charge on any atom is -0.271 e. The summed E-state index contributed by atoms with van der Waals surface area (Å²) in [5.41, 5.74) is 5.90. The molecule has 2 aromatic rings. The number of aromatic nitrogens is 3. The molecule has 0 aliphatic heterocycles. The smallest absolute Gasteiger partial charge is 0.0891 e. The number of halogens is 1. The highest BCUT2D eigenvalue weighted by Crippen LogP contribution is 2.28. The summed E-state index contributed by atoms with van der Waals surface area (Å²) in [7, 11) is 0. The average molecular weight is 310 g/mol. The van der Waals surface area contributed by atoms with E-state index in [2.05, 4.69) is 31.4 Å². The van der Waals surface area contributed by atoms with Gasteiger partial charge in [0.15, 0.2) is 0 Å². The van der Waals surface area contributed by atoms with Crippen molar-refractivity contribution in [2.75, 3.05) is 0 Å². The molecule has 2 rings (SSSR count). The largest absolute Gasteiger partial charge is 0.271 e. The predicted molar refractivity (Wildman–Crippen MR) is 73.7 cm³/mol. The molecule has 1 atom stereocenters. The summed E-state index contributed by atoms with van der Waals surface area (Å²) in [4.78, 5) is 4.20. The monoisotopic (exact) mass is 309 g/mol. The Morgan fingerprint density at radius 1 is 1.56 bits per heavy atom. The first-order chi connectivity index (χ1) is 8.67. The zero-order valence-corrected chi connectivity index (χ0v) is 12.0. The molecule has 0 radical (unpaired) electrons. The summed E-state index contributed by atoms with van der Waals surface area (Å²) >= 11 is 3.52. The molecule has 0 aliphatic rings. The molecule has 2 aromatic heterocycles. The number of nitrogens with one attached hydrogen (secondary N) is 1. The van der Waals surface area contributed by atoms with E-state index in [0.29, 0.717) is 0 Å². The van der Waals surface area contributed by atoms with E-state index < -0.39 is 0 Å². The van der Waals surface area contributed by atoms with Crippen molar-refractivity contribution >= 4 is 15.9 Å². The molecule has 0 aromatic carbocycles. The molecule has 96 valence electrons. The van der Waals surface area contributed by atoms with Crippen molar-refractivity contribution in [3.05, 3.63) is 46.0 Å².